The summed E-state index contributed by atoms with van der Waals surface area (Å²) in [7, 11) is 0. The topological polar surface area (TPSA) is 38.1 Å². The zero-order valence-corrected chi connectivity index (χ0v) is 7.55. The molecule has 0 amide bonds. The molecule has 3 nitrogen and oxygen atoms in total. The van der Waals surface area contributed by atoms with Crippen LogP contribution in [0.1, 0.15) is 36.8 Å². The predicted octanol–water partition coefficient (Wildman–Crippen LogP) is 1.44. The van der Waals surface area contributed by atoms with Crippen LogP contribution >= 0.6 is 0 Å². The highest BCUT2D eigenvalue weighted by atomic mass is 16.5. The lowest BCUT2D eigenvalue weighted by Gasteiger charge is -2.11. The van der Waals surface area contributed by atoms with Crippen molar-refractivity contribution in [3.63, 3.8) is 0 Å². The van der Waals surface area contributed by atoms with Gasteiger partial charge in [0.1, 0.15) is 11.5 Å². The van der Waals surface area contributed by atoms with Crippen molar-refractivity contribution in [3.8, 4) is 0 Å². The van der Waals surface area contributed by atoms with Crippen LogP contribution in [-0.2, 0) is 13.0 Å². The summed E-state index contributed by atoms with van der Waals surface area (Å²) in [4.78, 5) is 0. The fourth-order valence-electron chi connectivity index (χ4n) is 1.64. The zero-order valence-electron chi connectivity index (χ0n) is 7.55. The molecule has 3 heteroatoms. The van der Waals surface area contributed by atoms with Gasteiger partial charge < -0.3 is 9.84 Å². The molecule has 0 spiro atoms. The Kier molecular flexibility index (Phi) is 1.89. The summed E-state index contributed by atoms with van der Waals surface area (Å²) in [5, 5.41) is 7.31. The molecular weight excluding hydrogens is 152 g/mol. The first-order chi connectivity index (χ1) is 5.79. The fourth-order valence-corrected chi connectivity index (χ4v) is 1.64. The second-order valence-electron chi connectivity index (χ2n) is 3.55. The summed E-state index contributed by atoms with van der Waals surface area (Å²) in [5.74, 6) is 1.53. The van der Waals surface area contributed by atoms with Gasteiger partial charge in [0.05, 0.1) is 0 Å². The second kappa shape index (κ2) is 2.90. The maximum atomic E-state index is 5.29. The van der Waals surface area contributed by atoms with Crippen molar-refractivity contribution in [1.82, 2.24) is 10.5 Å². The average Bonchev–Trinajstić information content (AvgIpc) is 2.47. The number of rotatable bonds is 1. The Morgan fingerprint density at radius 1 is 1.50 bits per heavy atom. The van der Waals surface area contributed by atoms with Gasteiger partial charge >= 0.3 is 0 Å². The van der Waals surface area contributed by atoms with E-state index in [2.05, 4.69) is 24.3 Å². The van der Waals surface area contributed by atoms with E-state index >= 15 is 0 Å². The van der Waals surface area contributed by atoms with Gasteiger partial charge in [-0.2, -0.15) is 0 Å². The van der Waals surface area contributed by atoms with E-state index in [9.17, 15) is 0 Å². The van der Waals surface area contributed by atoms with Gasteiger partial charge in [-0.15, -0.1) is 0 Å². The molecule has 0 bridgehead atoms. The van der Waals surface area contributed by atoms with Crippen LogP contribution in [0.5, 0.6) is 0 Å². The fraction of sp³-hybridized carbons (Fsp3) is 0.667. The van der Waals surface area contributed by atoms with E-state index in [1.165, 1.54) is 5.56 Å². The van der Waals surface area contributed by atoms with E-state index in [1.54, 1.807) is 0 Å². The highest BCUT2D eigenvalue weighted by Crippen LogP contribution is 2.24. The summed E-state index contributed by atoms with van der Waals surface area (Å²) < 4.78 is 5.29. The molecule has 0 unspecified atom stereocenters. The first-order valence-electron chi connectivity index (χ1n) is 4.47. The Labute approximate surface area is 72.1 Å². The van der Waals surface area contributed by atoms with Crippen LogP contribution in [0.25, 0.3) is 0 Å². The smallest absolute Gasteiger partial charge is 0.142 e. The Bertz CT molecular complexity index is 278. The number of nitrogens with zero attached hydrogens (tertiary/aromatic N) is 1. The summed E-state index contributed by atoms with van der Waals surface area (Å²) >= 11 is 0. The number of hydrogen-bond donors (Lipinski definition) is 1. The van der Waals surface area contributed by atoms with Crippen molar-refractivity contribution < 1.29 is 4.52 Å². The number of nitrogens with one attached hydrogen (secondary N) is 1. The van der Waals surface area contributed by atoms with Crippen molar-refractivity contribution in [2.75, 3.05) is 6.54 Å². The molecule has 1 aromatic heterocycles. The summed E-state index contributed by atoms with van der Waals surface area (Å²) in [6, 6.07) is 0. The third-order valence-electron chi connectivity index (χ3n) is 2.27. The van der Waals surface area contributed by atoms with E-state index in [-0.39, 0.29) is 0 Å². The monoisotopic (exact) mass is 166 g/mol. The molecule has 0 fully saturated rings. The molecule has 0 saturated carbocycles. The molecule has 0 atom stereocenters. The first-order valence-corrected chi connectivity index (χ1v) is 4.47. The molecule has 2 heterocycles. The van der Waals surface area contributed by atoms with Gasteiger partial charge in [-0.1, -0.05) is 19.0 Å². The molecule has 2 rings (SSSR count). The Hall–Kier alpha value is -0.830. The zero-order chi connectivity index (χ0) is 8.55. The molecule has 66 valence electrons. The lowest BCUT2D eigenvalue weighted by molar-refractivity contribution is 0.364. The second-order valence-corrected chi connectivity index (χ2v) is 3.55. The Balaban J connectivity index is 2.38. The van der Waals surface area contributed by atoms with Gasteiger partial charge in [-0.05, 0) is 13.0 Å². The molecule has 1 aromatic rings. The van der Waals surface area contributed by atoms with Crippen molar-refractivity contribution in [3.05, 3.63) is 17.0 Å². The molecule has 1 aliphatic heterocycles. The van der Waals surface area contributed by atoms with Crippen LogP contribution < -0.4 is 5.32 Å². The number of hydrogen-bond acceptors (Lipinski definition) is 3. The van der Waals surface area contributed by atoms with Crippen LogP contribution in [-0.4, -0.2) is 11.7 Å². The quantitative estimate of drug-likeness (QED) is 0.686. The SMILES string of the molecule is CC(C)c1onc2c1CCNC2. The van der Waals surface area contributed by atoms with Gasteiger partial charge in [0.25, 0.3) is 0 Å². The largest absolute Gasteiger partial charge is 0.361 e. The van der Waals surface area contributed by atoms with Crippen LogP contribution in [0.4, 0.5) is 0 Å². The van der Waals surface area contributed by atoms with Gasteiger partial charge in [-0.3, -0.25) is 0 Å². The standard InChI is InChI=1S/C9H14N2O/c1-6(2)9-7-3-4-10-5-8(7)11-12-9/h6,10H,3-5H2,1-2H3. The van der Waals surface area contributed by atoms with Crippen molar-refractivity contribution in [1.29, 1.82) is 0 Å². The molecule has 12 heavy (non-hydrogen) atoms. The number of fused-ring (bicyclic) bond motifs is 1. The van der Waals surface area contributed by atoms with Gasteiger partial charge in [0, 0.05) is 18.0 Å². The lowest BCUT2D eigenvalue weighted by Crippen LogP contribution is -2.23. The van der Waals surface area contributed by atoms with Crippen LogP contribution in [0.3, 0.4) is 0 Å². The Morgan fingerprint density at radius 3 is 3.08 bits per heavy atom. The minimum absolute atomic E-state index is 0.458. The van der Waals surface area contributed by atoms with Gasteiger partial charge in [-0.25, -0.2) is 0 Å². The van der Waals surface area contributed by atoms with Crippen molar-refractivity contribution >= 4 is 0 Å². The van der Waals surface area contributed by atoms with Crippen LogP contribution in [0, 0.1) is 0 Å². The predicted molar refractivity (Wildman–Crippen MR) is 46.0 cm³/mol. The van der Waals surface area contributed by atoms with Gasteiger partial charge in [0.2, 0.25) is 0 Å². The highest BCUT2D eigenvalue weighted by molar-refractivity contribution is 5.27. The molecule has 0 aliphatic carbocycles. The molecule has 0 radical (unpaired) electrons. The summed E-state index contributed by atoms with van der Waals surface area (Å²) in [6.07, 6.45) is 1.06. The highest BCUT2D eigenvalue weighted by Gasteiger charge is 2.20. The molecule has 1 aliphatic rings. The third kappa shape index (κ3) is 1.14. The summed E-state index contributed by atoms with van der Waals surface area (Å²) in [5.41, 5.74) is 2.44. The Morgan fingerprint density at radius 2 is 2.33 bits per heavy atom. The minimum Gasteiger partial charge on any atom is -0.361 e. The van der Waals surface area contributed by atoms with E-state index in [4.69, 9.17) is 4.52 Å². The van der Waals surface area contributed by atoms with Crippen LogP contribution in [0.15, 0.2) is 4.52 Å². The van der Waals surface area contributed by atoms with E-state index in [1.807, 2.05) is 0 Å². The van der Waals surface area contributed by atoms with E-state index < -0.39 is 0 Å². The molecule has 0 aromatic carbocycles. The minimum atomic E-state index is 0.458. The third-order valence-corrected chi connectivity index (χ3v) is 2.27. The van der Waals surface area contributed by atoms with Crippen molar-refractivity contribution in [2.24, 2.45) is 0 Å². The maximum Gasteiger partial charge on any atom is 0.142 e. The molecule has 1 N–H and O–H groups in total. The van der Waals surface area contributed by atoms with E-state index in [0.29, 0.717) is 5.92 Å². The number of aromatic nitrogens is 1. The van der Waals surface area contributed by atoms with Gasteiger partial charge in [0.15, 0.2) is 0 Å². The first kappa shape index (κ1) is 7.80. The molecule has 0 saturated heterocycles. The van der Waals surface area contributed by atoms with Crippen LogP contribution in [0.2, 0.25) is 0 Å². The maximum absolute atomic E-state index is 5.29. The van der Waals surface area contributed by atoms with E-state index in [0.717, 1.165) is 31.0 Å². The summed E-state index contributed by atoms with van der Waals surface area (Å²) in [6.45, 7) is 6.20. The van der Waals surface area contributed by atoms with Crippen molar-refractivity contribution in [2.45, 2.75) is 32.7 Å². The lowest BCUT2D eigenvalue weighted by atomic mass is 10.0. The normalized spacial score (nSPS) is 16.6. The molecular formula is C9H14N2O. The average molecular weight is 166 g/mol.